The zero-order valence-corrected chi connectivity index (χ0v) is 24.2. The Morgan fingerprint density at radius 2 is 1.17 bits per heavy atom. The lowest BCUT2D eigenvalue weighted by atomic mass is 10.0. The highest BCUT2D eigenvalue weighted by atomic mass is 16.6. The molecule has 214 valence electrons. The van der Waals surface area contributed by atoms with Crippen LogP contribution in [0.3, 0.4) is 0 Å². The topological polar surface area (TPSA) is 108 Å². The Kier molecular flexibility index (Phi) is 17.9. The van der Waals surface area contributed by atoms with Gasteiger partial charge in [0.05, 0.1) is 12.7 Å². The third-order valence-electron chi connectivity index (χ3n) is 5.77. The van der Waals surface area contributed by atoms with Gasteiger partial charge in [0, 0.05) is 0 Å². The number of aliphatic hydroxyl groups excluding tert-OH is 2. The van der Waals surface area contributed by atoms with E-state index >= 15 is 0 Å². The number of carbonyl (C=O) groups excluding carboxylic acids is 2. The maximum atomic E-state index is 12.8. The molecule has 3 N–H and O–H groups in total. The van der Waals surface area contributed by atoms with Crippen molar-refractivity contribution in [1.29, 1.82) is 0 Å². The van der Waals surface area contributed by atoms with Crippen molar-refractivity contribution in [2.24, 2.45) is 0 Å². The van der Waals surface area contributed by atoms with E-state index in [-0.39, 0.29) is 0 Å². The highest BCUT2D eigenvalue weighted by molar-refractivity contribution is 5.74. The second-order valence-electron chi connectivity index (χ2n) is 11.8. The van der Waals surface area contributed by atoms with Gasteiger partial charge in [-0.3, -0.25) is 0 Å². The number of aliphatic hydroxyl groups is 2. The lowest BCUT2D eigenvalue weighted by molar-refractivity contribution is -0.0442. The van der Waals surface area contributed by atoms with Crippen LogP contribution in [0.5, 0.6) is 0 Å². The minimum Gasteiger partial charge on any atom is -0.443 e. The van der Waals surface area contributed by atoms with Crippen LogP contribution in [0.4, 0.5) is 9.59 Å². The molecule has 0 fully saturated rings. The van der Waals surface area contributed by atoms with Crippen molar-refractivity contribution in [2.75, 3.05) is 6.61 Å². The van der Waals surface area contributed by atoms with E-state index in [9.17, 15) is 19.8 Å². The van der Waals surface area contributed by atoms with Crippen molar-refractivity contribution >= 4 is 12.2 Å². The number of amides is 2. The van der Waals surface area contributed by atoms with Crippen molar-refractivity contribution in [3.05, 3.63) is 0 Å². The molecule has 0 aliphatic rings. The van der Waals surface area contributed by atoms with E-state index in [1.165, 1.54) is 64.2 Å². The molecule has 0 aliphatic heterocycles. The summed E-state index contributed by atoms with van der Waals surface area (Å²) in [6.45, 7) is 11.9. The molecule has 0 bridgehead atoms. The van der Waals surface area contributed by atoms with Gasteiger partial charge in [-0.05, 0) is 48.0 Å². The second-order valence-corrected chi connectivity index (χ2v) is 11.8. The maximum Gasteiger partial charge on any atom is 0.429 e. The summed E-state index contributed by atoms with van der Waals surface area (Å²) in [6.07, 6.45) is 13.6. The third-order valence-corrected chi connectivity index (χ3v) is 5.77. The molecule has 0 saturated carbocycles. The number of unbranched alkanes of at least 4 members (excludes halogenated alkanes) is 12. The summed E-state index contributed by atoms with van der Waals surface area (Å²) < 4.78 is 10.6. The summed E-state index contributed by atoms with van der Waals surface area (Å²) in [7, 11) is 0. The first-order valence-electron chi connectivity index (χ1n) is 14.1. The summed E-state index contributed by atoms with van der Waals surface area (Å²) in [6, 6.07) is -1.05. The number of hydrazine groups is 1. The summed E-state index contributed by atoms with van der Waals surface area (Å²) >= 11 is 0. The van der Waals surface area contributed by atoms with Crippen LogP contribution in [-0.4, -0.2) is 57.4 Å². The molecule has 2 unspecified atom stereocenters. The van der Waals surface area contributed by atoms with Gasteiger partial charge in [0.15, 0.2) is 0 Å². The Morgan fingerprint density at radius 3 is 1.56 bits per heavy atom. The second kappa shape index (κ2) is 18.7. The number of carbonyl (C=O) groups is 2. The Bertz CT molecular complexity index is 586. The summed E-state index contributed by atoms with van der Waals surface area (Å²) in [5.74, 6) is 0. The zero-order chi connectivity index (χ0) is 27.6. The standard InChI is InChI=1S/C28H56N2O6/c1-8-9-10-11-12-13-14-15-16-17-18-19-20-21-24(32)23(22-31)30(26(34)36-28(5,6)7)29-25(33)35-27(2,3)4/h23-24,31-32H,8-22H2,1-7H3,(H,29,33). The Labute approximate surface area is 220 Å². The van der Waals surface area contributed by atoms with Crippen molar-refractivity contribution in [1.82, 2.24) is 10.4 Å². The van der Waals surface area contributed by atoms with Crippen LogP contribution < -0.4 is 5.43 Å². The van der Waals surface area contributed by atoms with E-state index in [4.69, 9.17) is 9.47 Å². The van der Waals surface area contributed by atoms with Gasteiger partial charge in [0.2, 0.25) is 0 Å². The van der Waals surface area contributed by atoms with E-state index in [0.717, 1.165) is 24.3 Å². The smallest absolute Gasteiger partial charge is 0.429 e. The predicted octanol–water partition coefficient (Wildman–Crippen LogP) is 6.87. The van der Waals surface area contributed by atoms with Gasteiger partial charge in [-0.25, -0.2) is 20.0 Å². The van der Waals surface area contributed by atoms with E-state index in [1.54, 1.807) is 41.5 Å². The van der Waals surface area contributed by atoms with Crippen LogP contribution in [0.2, 0.25) is 0 Å². The minimum atomic E-state index is -1.05. The molecule has 0 spiro atoms. The molecule has 8 nitrogen and oxygen atoms in total. The quantitative estimate of drug-likeness (QED) is 0.144. The summed E-state index contributed by atoms with van der Waals surface area (Å²) in [5.41, 5.74) is 0.768. The first-order valence-corrected chi connectivity index (χ1v) is 14.1. The lowest BCUT2D eigenvalue weighted by Gasteiger charge is -2.35. The molecular formula is C28H56N2O6. The molecule has 8 heteroatoms. The fourth-order valence-corrected chi connectivity index (χ4v) is 3.91. The van der Waals surface area contributed by atoms with Gasteiger partial charge in [-0.1, -0.05) is 90.4 Å². The van der Waals surface area contributed by atoms with Gasteiger partial charge in [0.1, 0.15) is 17.2 Å². The molecule has 0 aliphatic carbocycles. The maximum absolute atomic E-state index is 12.8. The van der Waals surface area contributed by atoms with E-state index < -0.39 is 42.1 Å². The van der Waals surface area contributed by atoms with Crippen LogP contribution in [0, 0.1) is 0 Å². The van der Waals surface area contributed by atoms with E-state index in [2.05, 4.69) is 12.3 Å². The molecule has 0 radical (unpaired) electrons. The fourth-order valence-electron chi connectivity index (χ4n) is 3.91. The lowest BCUT2D eigenvalue weighted by Crippen LogP contribution is -2.59. The first kappa shape index (κ1) is 34.5. The first-order chi connectivity index (χ1) is 16.8. The predicted molar refractivity (Wildman–Crippen MR) is 145 cm³/mol. The van der Waals surface area contributed by atoms with Gasteiger partial charge < -0.3 is 19.7 Å². The van der Waals surface area contributed by atoms with E-state index in [0.29, 0.717) is 6.42 Å². The van der Waals surface area contributed by atoms with Crippen LogP contribution in [-0.2, 0) is 9.47 Å². The van der Waals surface area contributed by atoms with Crippen LogP contribution in [0.15, 0.2) is 0 Å². The molecule has 0 aromatic carbocycles. The number of nitrogens with zero attached hydrogens (tertiary/aromatic N) is 1. The van der Waals surface area contributed by atoms with Crippen LogP contribution in [0.1, 0.15) is 138 Å². The average Bonchev–Trinajstić information content (AvgIpc) is 2.74. The Balaban J connectivity index is 4.52. The molecule has 0 aromatic heterocycles. The number of hydrogen-bond donors (Lipinski definition) is 3. The summed E-state index contributed by atoms with van der Waals surface area (Å²) in [4.78, 5) is 25.1. The molecule has 0 heterocycles. The molecule has 2 amide bonds. The van der Waals surface area contributed by atoms with Crippen molar-refractivity contribution in [3.63, 3.8) is 0 Å². The highest BCUT2D eigenvalue weighted by Crippen LogP contribution is 2.18. The number of rotatable bonds is 17. The molecule has 0 rings (SSSR count). The molecule has 2 atom stereocenters. The monoisotopic (exact) mass is 516 g/mol. The molecule has 0 aromatic rings. The highest BCUT2D eigenvalue weighted by Gasteiger charge is 2.35. The number of ether oxygens (including phenoxy) is 2. The van der Waals surface area contributed by atoms with Gasteiger partial charge in [0.25, 0.3) is 0 Å². The minimum absolute atomic E-state index is 0.401. The van der Waals surface area contributed by atoms with E-state index in [1.807, 2.05) is 0 Å². The zero-order valence-electron chi connectivity index (χ0n) is 24.2. The normalized spacial score (nSPS) is 13.7. The molecule has 36 heavy (non-hydrogen) atoms. The SMILES string of the molecule is CCCCCCCCCCCCCCCC(O)C(CO)N(NC(=O)OC(C)(C)C)C(=O)OC(C)(C)C. The van der Waals surface area contributed by atoms with Crippen LogP contribution >= 0.6 is 0 Å². The molecule has 0 saturated heterocycles. The third kappa shape index (κ3) is 18.7. The number of nitrogens with one attached hydrogen (secondary N) is 1. The van der Waals surface area contributed by atoms with Gasteiger partial charge in [-0.15, -0.1) is 0 Å². The summed E-state index contributed by atoms with van der Waals surface area (Å²) in [5, 5.41) is 21.6. The van der Waals surface area contributed by atoms with Crippen molar-refractivity contribution in [2.45, 2.75) is 162 Å². The average molecular weight is 517 g/mol. The van der Waals surface area contributed by atoms with Crippen molar-refractivity contribution < 1.29 is 29.3 Å². The van der Waals surface area contributed by atoms with Gasteiger partial charge in [-0.2, -0.15) is 0 Å². The number of hydrogen-bond acceptors (Lipinski definition) is 6. The van der Waals surface area contributed by atoms with Gasteiger partial charge >= 0.3 is 12.2 Å². The van der Waals surface area contributed by atoms with Crippen LogP contribution in [0.25, 0.3) is 0 Å². The fraction of sp³-hybridized carbons (Fsp3) is 0.929. The van der Waals surface area contributed by atoms with Crippen molar-refractivity contribution in [3.8, 4) is 0 Å². The Morgan fingerprint density at radius 1 is 0.750 bits per heavy atom. The Hall–Kier alpha value is -1.54. The molecular weight excluding hydrogens is 460 g/mol. The largest absolute Gasteiger partial charge is 0.443 e.